The van der Waals surface area contributed by atoms with Gasteiger partial charge in [0.1, 0.15) is 0 Å². The summed E-state index contributed by atoms with van der Waals surface area (Å²) >= 11 is 0. The number of fused-ring (bicyclic) bond motifs is 1. The second-order valence-corrected chi connectivity index (χ2v) is 6.50. The average Bonchev–Trinajstić information content (AvgIpc) is 3.10. The molecule has 1 aliphatic rings. The zero-order chi connectivity index (χ0) is 18.4. The van der Waals surface area contributed by atoms with Crippen molar-refractivity contribution >= 4 is 11.6 Å². The molecule has 0 saturated heterocycles. The number of rotatable bonds is 7. The second-order valence-electron chi connectivity index (χ2n) is 6.50. The van der Waals surface area contributed by atoms with Crippen molar-refractivity contribution in [3.05, 3.63) is 65.2 Å². The Morgan fingerprint density at radius 1 is 1.19 bits per heavy atom. The number of nitrogens with zero attached hydrogens (tertiary/aromatic N) is 2. The summed E-state index contributed by atoms with van der Waals surface area (Å²) in [5.74, 6) is -0.0658. The van der Waals surface area contributed by atoms with E-state index in [-0.39, 0.29) is 18.6 Å². The van der Waals surface area contributed by atoms with Crippen LogP contribution >= 0.6 is 0 Å². The van der Waals surface area contributed by atoms with Gasteiger partial charge in [-0.25, -0.2) is 0 Å². The first-order valence-corrected chi connectivity index (χ1v) is 8.94. The minimum absolute atomic E-state index is 0.0658. The standard InChI is InChI=1S/C21H23N3O2/c22-15-16-5-8-18(9-6-16)23-21(26)11-12-24(13-14-25)20-10-7-17-3-1-2-4-19(17)20/h1-6,8-9,20,25H,7,10-14H2,(H,23,26). The number of benzene rings is 2. The minimum Gasteiger partial charge on any atom is -0.395 e. The van der Waals surface area contributed by atoms with Gasteiger partial charge in [0.05, 0.1) is 18.2 Å². The van der Waals surface area contributed by atoms with Crippen LogP contribution in [0.4, 0.5) is 5.69 Å². The molecule has 5 nitrogen and oxygen atoms in total. The molecule has 1 unspecified atom stereocenters. The van der Waals surface area contributed by atoms with Crippen LogP contribution in [0.25, 0.3) is 0 Å². The Balaban J connectivity index is 1.58. The van der Waals surface area contributed by atoms with Crippen LogP contribution in [0.2, 0.25) is 0 Å². The van der Waals surface area contributed by atoms with E-state index in [0.717, 1.165) is 12.8 Å². The minimum atomic E-state index is -0.0658. The van der Waals surface area contributed by atoms with Crippen LogP contribution in [0.5, 0.6) is 0 Å². The Morgan fingerprint density at radius 2 is 1.96 bits per heavy atom. The Hall–Kier alpha value is -2.68. The van der Waals surface area contributed by atoms with Gasteiger partial charge in [-0.2, -0.15) is 5.26 Å². The van der Waals surface area contributed by atoms with Crippen LogP contribution < -0.4 is 5.32 Å². The molecule has 2 N–H and O–H groups in total. The molecular weight excluding hydrogens is 326 g/mol. The van der Waals surface area contributed by atoms with Crippen LogP contribution in [0, 0.1) is 11.3 Å². The van der Waals surface area contributed by atoms with Gasteiger partial charge in [0, 0.05) is 31.2 Å². The van der Waals surface area contributed by atoms with E-state index in [0.29, 0.717) is 30.8 Å². The molecule has 1 atom stereocenters. The molecule has 0 aromatic heterocycles. The highest BCUT2D eigenvalue weighted by atomic mass is 16.3. The quantitative estimate of drug-likeness (QED) is 0.806. The molecule has 0 saturated carbocycles. The van der Waals surface area contributed by atoms with Crippen LogP contribution in [0.15, 0.2) is 48.5 Å². The predicted octanol–water partition coefficient (Wildman–Crippen LogP) is 2.87. The summed E-state index contributed by atoms with van der Waals surface area (Å²) in [6, 6.07) is 17.6. The molecule has 0 radical (unpaired) electrons. The largest absolute Gasteiger partial charge is 0.395 e. The summed E-state index contributed by atoms with van der Waals surface area (Å²) < 4.78 is 0. The summed E-state index contributed by atoms with van der Waals surface area (Å²) in [4.78, 5) is 14.5. The van der Waals surface area contributed by atoms with Crippen molar-refractivity contribution in [3.63, 3.8) is 0 Å². The SMILES string of the molecule is N#Cc1ccc(NC(=O)CCN(CCO)C2CCc3ccccc32)cc1. The molecule has 1 aliphatic carbocycles. The molecular formula is C21H23N3O2. The van der Waals surface area contributed by atoms with Crippen molar-refractivity contribution in [1.29, 1.82) is 5.26 Å². The van der Waals surface area contributed by atoms with Crippen molar-refractivity contribution in [2.45, 2.75) is 25.3 Å². The summed E-state index contributed by atoms with van der Waals surface area (Å²) in [5.41, 5.74) is 3.93. The van der Waals surface area contributed by atoms with Gasteiger partial charge >= 0.3 is 0 Å². The molecule has 134 valence electrons. The maximum atomic E-state index is 12.3. The predicted molar refractivity (Wildman–Crippen MR) is 101 cm³/mol. The molecule has 5 heteroatoms. The Kier molecular flexibility index (Phi) is 6.00. The highest BCUT2D eigenvalue weighted by Crippen LogP contribution is 2.35. The highest BCUT2D eigenvalue weighted by Gasteiger charge is 2.27. The average molecular weight is 349 g/mol. The van der Waals surface area contributed by atoms with Gasteiger partial charge in [-0.1, -0.05) is 24.3 Å². The third-order valence-electron chi connectivity index (χ3n) is 4.85. The van der Waals surface area contributed by atoms with E-state index in [1.165, 1.54) is 11.1 Å². The van der Waals surface area contributed by atoms with Crippen LogP contribution in [-0.2, 0) is 11.2 Å². The van der Waals surface area contributed by atoms with E-state index >= 15 is 0 Å². The second kappa shape index (κ2) is 8.61. The van der Waals surface area contributed by atoms with Crippen molar-refractivity contribution in [3.8, 4) is 6.07 Å². The summed E-state index contributed by atoms with van der Waals surface area (Å²) in [6.45, 7) is 1.24. The number of carbonyl (C=O) groups excluding carboxylic acids is 1. The van der Waals surface area contributed by atoms with E-state index in [4.69, 9.17) is 5.26 Å². The third kappa shape index (κ3) is 4.29. The number of nitriles is 1. The number of amides is 1. The number of hydrogen-bond donors (Lipinski definition) is 2. The monoisotopic (exact) mass is 349 g/mol. The molecule has 0 spiro atoms. The number of anilines is 1. The Labute approximate surface area is 153 Å². The lowest BCUT2D eigenvalue weighted by atomic mass is 10.1. The maximum absolute atomic E-state index is 12.3. The zero-order valence-electron chi connectivity index (χ0n) is 14.7. The number of carbonyl (C=O) groups is 1. The van der Waals surface area contributed by atoms with E-state index in [2.05, 4.69) is 34.5 Å². The van der Waals surface area contributed by atoms with Crippen molar-refractivity contribution in [1.82, 2.24) is 4.90 Å². The molecule has 0 aliphatic heterocycles. The summed E-state index contributed by atoms with van der Waals surface area (Å²) in [5, 5.41) is 21.1. The fourth-order valence-corrected chi connectivity index (χ4v) is 3.56. The van der Waals surface area contributed by atoms with Gasteiger partial charge in [0.25, 0.3) is 0 Å². The lowest BCUT2D eigenvalue weighted by Crippen LogP contribution is -2.33. The van der Waals surface area contributed by atoms with Crippen molar-refractivity contribution < 1.29 is 9.90 Å². The van der Waals surface area contributed by atoms with Gasteiger partial charge in [0.15, 0.2) is 0 Å². The normalized spacial score (nSPS) is 15.5. The molecule has 0 fully saturated rings. The lowest BCUT2D eigenvalue weighted by Gasteiger charge is -2.28. The van der Waals surface area contributed by atoms with Crippen molar-refractivity contribution in [2.75, 3.05) is 25.0 Å². The van der Waals surface area contributed by atoms with Crippen LogP contribution in [0.3, 0.4) is 0 Å². The van der Waals surface area contributed by atoms with Gasteiger partial charge < -0.3 is 10.4 Å². The molecule has 2 aromatic rings. The smallest absolute Gasteiger partial charge is 0.225 e. The third-order valence-corrected chi connectivity index (χ3v) is 4.85. The number of hydrogen-bond acceptors (Lipinski definition) is 4. The summed E-state index contributed by atoms with van der Waals surface area (Å²) in [6.07, 6.45) is 2.43. The molecule has 2 aromatic carbocycles. The van der Waals surface area contributed by atoms with E-state index in [9.17, 15) is 9.90 Å². The van der Waals surface area contributed by atoms with E-state index < -0.39 is 0 Å². The van der Waals surface area contributed by atoms with Gasteiger partial charge in [-0.15, -0.1) is 0 Å². The first kappa shape index (κ1) is 18.1. The first-order valence-electron chi connectivity index (χ1n) is 8.94. The molecule has 0 bridgehead atoms. The number of aryl methyl sites for hydroxylation is 1. The molecule has 26 heavy (non-hydrogen) atoms. The molecule has 1 amide bonds. The number of nitrogens with one attached hydrogen (secondary N) is 1. The van der Waals surface area contributed by atoms with E-state index in [1.54, 1.807) is 24.3 Å². The first-order chi connectivity index (χ1) is 12.7. The molecule has 0 heterocycles. The highest BCUT2D eigenvalue weighted by molar-refractivity contribution is 5.90. The zero-order valence-corrected chi connectivity index (χ0v) is 14.7. The van der Waals surface area contributed by atoms with Gasteiger partial charge in [-0.05, 0) is 48.2 Å². The Bertz CT molecular complexity index is 796. The lowest BCUT2D eigenvalue weighted by molar-refractivity contribution is -0.116. The number of aliphatic hydroxyl groups excluding tert-OH is 1. The van der Waals surface area contributed by atoms with Crippen LogP contribution in [0.1, 0.15) is 35.6 Å². The fraction of sp³-hybridized carbons (Fsp3) is 0.333. The van der Waals surface area contributed by atoms with Gasteiger partial charge in [0.2, 0.25) is 5.91 Å². The topological polar surface area (TPSA) is 76.4 Å². The number of aliphatic hydroxyl groups is 1. The maximum Gasteiger partial charge on any atom is 0.225 e. The summed E-state index contributed by atoms with van der Waals surface area (Å²) in [7, 11) is 0. The fourth-order valence-electron chi connectivity index (χ4n) is 3.56. The van der Waals surface area contributed by atoms with Crippen molar-refractivity contribution in [2.24, 2.45) is 0 Å². The Morgan fingerprint density at radius 3 is 2.69 bits per heavy atom. The van der Waals surface area contributed by atoms with Gasteiger partial charge in [-0.3, -0.25) is 9.69 Å². The van der Waals surface area contributed by atoms with E-state index in [1.807, 2.05) is 6.07 Å². The van der Waals surface area contributed by atoms with Crippen LogP contribution in [-0.4, -0.2) is 35.6 Å². The molecule has 3 rings (SSSR count).